The van der Waals surface area contributed by atoms with Crippen molar-refractivity contribution in [3.05, 3.63) is 77.2 Å². The number of hydrogen-bond acceptors (Lipinski definition) is 5. The summed E-state index contributed by atoms with van der Waals surface area (Å²) in [5, 5.41) is 12.9. The highest BCUT2D eigenvalue weighted by atomic mass is 32.2. The fraction of sp³-hybridized carbons (Fsp3) is 0.174. The minimum Gasteiger partial charge on any atom is -0.497 e. The van der Waals surface area contributed by atoms with Crippen LogP contribution in [0.4, 0.5) is 0 Å². The number of carbonyl (C=O) groups is 1. The minimum atomic E-state index is -0.984. The number of nitrogens with one attached hydrogen (secondary N) is 1. The van der Waals surface area contributed by atoms with Gasteiger partial charge in [0.2, 0.25) is 0 Å². The molecule has 0 fully saturated rings. The van der Waals surface area contributed by atoms with Crippen LogP contribution in [0.1, 0.15) is 11.1 Å². The van der Waals surface area contributed by atoms with Crippen LogP contribution in [-0.4, -0.2) is 31.3 Å². The van der Waals surface area contributed by atoms with Crippen molar-refractivity contribution in [1.29, 1.82) is 0 Å². The van der Waals surface area contributed by atoms with E-state index in [9.17, 15) is 4.79 Å². The predicted molar refractivity (Wildman–Crippen MR) is 118 cm³/mol. The molecule has 0 bridgehead atoms. The molecule has 2 N–H and O–H groups in total. The number of hydrogen-bond donors (Lipinski definition) is 2. The van der Waals surface area contributed by atoms with Crippen LogP contribution in [0.15, 0.2) is 66.1 Å². The zero-order valence-electron chi connectivity index (χ0n) is 16.1. The highest BCUT2D eigenvalue weighted by Crippen LogP contribution is 2.28. The third-order valence-electron chi connectivity index (χ3n) is 4.35. The summed E-state index contributed by atoms with van der Waals surface area (Å²) in [6.07, 6.45) is 2.89. The molecule has 0 aliphatic carbocycles. The van der Waals surface area contributed by atoms with E-state index < -0.39 is 5.97 Å². The standard InChI is InChI=1S/C23H23NO4S/c1-27-19-10-8-17(9-11-19)13-15-29-24-14-12-18-4-2-6-21-20(18)5-3-7-22(21)28-16-23(25)26/h2-11,13,15,24H,12,14,16H2,1H3,(H,25,26)/b15-13+. The van der Waals surface area contributed by atoms with Crippen molar-refractivity contribution in [3.63, 3.8) is 0 Å². The second-order valence-electron chi connectivity index (χ2n) is 6.29. The van der Waals surface area contributed by atoms with Crippen molar-refractivity contribution in [2.75, 3.05) is 20.3 Å². The van der Waals surface area contributed by atoms with Crippen molar-refractivity contribution in [2.45, 2.75) is 6.42 Å². The summed E-state index contributed by atoms with van der Waals surface area (Å²) in [5.41, 5.74) is 2.30. The second kappa shape index (κ2) is 10.5. The Hall–Kier alpha value is -2.96. The van der Waals surface area contributed by atoms with E-state index in [4.69, 9.17) is 14.6 Å². The first kappa shape index (κ1) is 20.8. The third kappa shape index (κ3) is 6.01. The van der Waals surface area contributed by atoms with Gasteiger partial charge in [-0.05, 0) is 52.6 Å². The fourth-order valence-electron chi connectivity index (χ4n) is 2.95. The topological polar surface area (TPSA) is 67.8 Å². The van der Waals surface area contributed by atoms with Crippen LogP contribution in [0.25, 0.3) is 16.8 Å². The molecule has 29 heavy (non-hydrogen) atoms. The van der Waals surface area contributed by atoms with Crippen LogP contribution < -0.4 is 14.2 Å². The van der Waals surface area contributed by atoms with Gasteiger partial charge in [0.15, 0.2) is 6.61 Å². The molecule has 6 heteroatoms. The third-order valence-corrected chi connectivity index (χ3v) is 4.99. The lowest BCUT2D eigenvalue weighted by Crippen LogP contribution is -2.10. The zero-order chi connectivity index (χ0) is 20.5. The maximum absolute atomic E-state index is 10.8. The maximum atomic E-state index is 10.8. The molecule has 0 saturated carbocycles. The quantitative estimate of drug-likeness (QED) is 0.372. The monoisotopic (exact) mass is 409 g/mol. The SMILES string of the molecule is COc1ccc(/C=C/SNCCc2cccc3c(OCC(=O)O)cccc23)cc1. The van der Waals surface area contributed by atoms with Crippen LogP contribution in [-0.2, 0) is 11.2 Å². The average Bonchev–Trinajstić information content (AvgIpc) is 2.75. The Bertz CT molecular complexity index is 986. The van der Waals surface area contributed by atoms with Crippen molar-refractivity contribution >= 4 is 34.8 Å². The summed E-state index contributed by atoms with van der Waals surface area (Å²) in [5.74, 6) is 0.457. The van der Waals surface area contributed by atoms with Gasteiger partial charge in [-0.1, -0.05) is 54.4 Å². The highest BCUT2D eigenvalue weighted by Gasteiger charge is 2.07. The Labute approximate surface area is 174 Å². The summed E-state index contributed by atoms with van der Waals surface area (Å²) in [6, 6.07) is 19.6. The van der Waals surface area contributed by atoms with Gasteiger partial charge in [-0.2, -0.15) is 0 Å². The van der Waals surface area contributed by atoms with Crippen molar-refractivity contribution in [1.82, 2.24) is 4.72 Å². The van der Waals surface area contributed by atoms with Gasteiger partial charge >= 0.3 is 5.97 Å². The molecule has 0 aliphatic heterocycles. The van der Waals surface area contributed by atoms with Gasteiger partial charge < -0.3 is 14.6 Å². The van der Waals surface area contributed by atoms with E-state index in [1.165, 1.54) is 5.56 Å². The molecular formula is C23H23NO4S. The number of methoxy groups -OCH3 is 1. The number of aliphatic carboxylic acids is 1. The van der Waals surface area contributed by atoms with Crippen LogP contribution in [0, 0.1) is 0 Å². The number of fused-ring (bicyclic) bond motifs is 1. The van der Waals surface area contributed by atoms with Gasteiger partial charge in [0, 0.05) is 11.9 Å². The van der Waals surface area contributed by atoms with E-state index in [-0.39, 0.29) is 6.61 Å². The van der Waals surface area contributed by atoms with Crippen LogP contribution in [0.3, 0.4) is 0 Å². The van der Waals surface area contributed by atoms with E-state index in [2.05, 4.69) is 10.8 Å². The molecule has 5 nitrogen and oxygen atoms in total. The second-order valence-corrected chi connectivity index (χ2v) is 7.09. The van der Waals surface area contributed by atoms with Gasteiger partial charge in [-0.25, -0.2) is 4.79 Å². The Morgan fingerprint density at radius 3 is 2.59 bits per heavy atom. The number of rotatable bonds is 10. The first-order chi connectivity index (χ1) is 14.2. The van der Waals surface area contributed by atoms with Gasteiger partial charge in [0.1, 0.15) is 11.5 Å². The summed E-state index contributed by atoms with van der Waals surface area (Å²) >= 11 is 1.55. The minimum absolute atomic E-state index is 0.345. The molecule has 0 aliphatic rings. The molecule has 3 aromatic rings. The van der Waals surface area contributed by atoms with Crippen LogP contribution in [0.5, 0.6) is 11.5 Å². The van der Waals surface area contributed by atoms with E-state index in [1.807, 2.05) is 60.0 Å². The van der Waals surface area contributed by atoms with Crippen LogP contribution in [0.2, 0.25) is 0 Å². The van der Waals surface area contributed by atoms with Crippen LogP contribution >= 0.6 is 11.9 Å². The van der Waals surface area contributed by atoms with E-state index in [1.54, 1.807) is 25.1 Å². The van der Waals surface area contributed by atoms with E-state index >= 15 is 0 Å². The molecule has 0 aromatic heterocycles. The van der Waals surface area contributed by atoms with Crippen molar-refractivity contribution < 1.29 is 19.4 Å². The normalized spacial score (nSPS) is 11.1. The first-order valence-corrected chi connectivity index (χ1v) is 10.1. The summed E-state index contributed by atoms with van der Waals surface area (Å²) in [7, 11) is 1.66. The molecule has 3 rings (SSSR count). The Morgan fingerprint density at radius 1 is 1.07 bits per heavy atom. The summed E-state index contributed by atoms with van der Waals surface area (Å²) < 4.78 is 13.9. The molecule has 0 atom stereocenters. The van der Waals surface area contributed by atoms with Gasteiger partial charge in [0.25, 0.3) is 0 Å². The molecule has 0 spiro atoms. The Balaban J connectivity index is 1.54. The summed E-state index contributed by atoms with van der Waals surface area (Å²) in [4.78, 5) is 10.8. The maximum Gasteiger partial charge on any atom is 0.341 e. The molecule has 0 amide bonds. The van der Waals surface area contributed by atoms with Crippen molar-refractivity contribution in [3.8, 4) is 11.5 Å². The van der Waals surface area contributed by atoms with Gasteiger partial charge in [-0.15, -0.1) is 0 Å². The number of carboxylic acid groups (broad SMARTS) is 1. The first-order valence-electron chi connectivity index (χ1n) is 9.21. The fourth-order valence-corrected chi connectivity index (χ4v) is 3.49. The lowest BCUT2D eigenvalue weighted by molar-refractivity contribution is -0.139. The molecule has 0 saturated heterocycles. The molecule has 0 unspecified atom stereocenters. The largest absolute Gasteiger partial charge is 0.497 e. The van der Waals surface area contributed by atoms with E-state index in [0.29, 0.717) is 5.75 Å². The number of benzene rings is 3. The lowest BCUT2D eigenvalue weighted by atomic mass is 10.0. The Kier molecular flexibility index (Phi) is 7.55. The Morgan fingerprint density at radius 2 is 1.83 bits per heavy atom. The van der Waals surface area contributed by atoms with Gasteiger partial charge in [-0.3, -0.25) is 4.72 Å². The zero-order valence-corrected chi connectivity index (χ0v) is 16.9. The molecule has 0 radical (unpaired) electrons. The molecule has 3 aromatic carbocycles. The highest BCUT2D eigenvalue weighted by molar-refractivity contribution is 8.00. The van der Waals surface area contributed by atoms with Crippen molar-refractivity contribution in [2.24, 2.45) is 0 Å². The summed E-state index contributed by atoms with van der Waals surface area (Å²) in [6.45, 7) is 0.457. The van der Waals surface area contributed by atoms with E-state index in [0.717, 1.165) is 35.1 Å². The lowest BCUT2D eigenvalue weighted by Gasteiger charge is -2.11. The molecule has 150 valence electrons. The molecular weight excluding hydrogens is 386 g/mol. The number of carboxylic acids is 1. The number of ether oxygens (including phenoxy) is 2. The average molecular weight is 410 g/mol. The predicted octanol–water partition coefficient (Wildman–Crippen LogP) is 4.76. The van der Waals surface area contributed by atoms with Gasteiger partial charge in [0.05, 0.1) is 7.11 Å². The molecule has 0 heterocycles. The smallest absolute Gasteiger partial charge is 0.341 e.